The number of aromatic nitrogens is 2. The van der Waals surface area contributed by atoms with Crippen LogP contribution in [-0.2, 0) is 12.8 Å². The number of para-hydroxylation sites is 1. The average molecular weight is 342 g/mol. The maximum absolute atomic E-state index is 12.7. The zero-order chi connectivity index (χ0) is 15.8. The van der Waals surface area contributed by atoms with Gasteiger partial charge in [-0.1, -0.05) is 36.9 Å². The molecule has 0 radical (unpaired) electrons. The first-order chi connectivity index (χ1) is 11.3. The normalized spacial score (nSPS) is 14.1. The first kappa shape index (κ1) is 15.0. The Hall–Kier alpha value is -1.59. The molecule has 1 aliphatic carbocycles. The predicted molar refractivity (Wildman–Crippen MR) is 98.3 cm³/mol. The number of thiophene rings is 1. The number of rotatable bonds is 3. The van der Waals surface area contributed by atoms with Crippen LogP contribution < -0.4 is 5.56 Å². The van der Waals surface area contributed by atoms with Gasteiger partial charge in [0.25, 0.3) is 5.56 Å². The summed E-state index contributed by atoms with van der Waals surface area (Å²) in [6.45, 7) is 2.09. The monoisotopic (exact) mass is 342 g/mol. The molecule has 23 heavy (non-hydrogen) atoms. The van der Waals surface area contributed by atoms with E-state index in [-0.39, 0.29) is 5.56 Å². The van der Waals surface area contributed by atoms with Crippen molar-refractivity contribution < 1.29 is 0 Å². The second-order valence-electron chi connectivity index (χ2n) is 5.69. The van der Waals surface area contributed by atoms with Gasteiger partial charge in [-0.15, -0.1) is 11.3 Å². The van der Waals surface area contributed by atoms with Gasteiger partial charge in [0, 0.05) is 10.6 Å². The van der Waals surface area contributed by atoms with Gasteiger partial charge in [-0.2, -0.15) is 4.98 Å². The van der Waals surface area contributed by atoms with Gasteiger partial charge in [-0.3, -0.25) is 9.36 Å². The van der Waals surface area contributed by atoms with E-state index in [0.717, 1.165) is 39.7 Å². The van der Waals surface area contributed by atoms with E-state index in [1.807, 2.05) is 18.2 Å². The van der Waals surface area contributed by atoms with Gasteiger partial charge < -0.3 is 0 Å². The van der Waals surface area contributed by atoms with Crippen LogP contribution in [0, 0.1) is 0 Å². The minimum atomic E-state index is -0.0532. The van der Waals surface area contributed by atoms with E-state index in [4.69, 9.17) is 0 Å². The molecule has 4 rings (SSSR count). The molecule has 0 aliphatic heterocycles. The first-order valence-electron chi connectivity index (χ1n) is 8.05. The summed E-state index contributed by atoms with van der Waals surface area (Å²) >= 11 is 3.42. The lowest BCUT2D eigenvalue weighted by molar-refractivity contribution is 0.699. The summed E-state index contributed by atoms with van der Waals surface area (Å²) in [6, 6.07) is 10.3. The molecular formula is C18H18N2OS2. The highest BCUT2D eigenvalue weighted by molar-refractivity contribution is 7.99. The van der Waals surface area contributed by atoms with Crippen molar-refractivity contribution in [2.45, 2.75) is 37.8 Å². The molecule has 1 aromatic carbocycles. The minimum absolute atomic E-state index is 0.0532. The summed E-state index contributed by atoms with van der Waals surface area (Å²) in [5, 5.41) is 1.66. The molecular weight excluding hydrogens is 324 g/mol. The van der Waals surface area contributed by atoms with Gasteiger partial charge in [0.1, 0.15) is 4.83 Å². The van der Waals surface area contributed by atoms with Crippen LogP contribution in [0.3, 0.4) is 0 Å². The van der Waals surface area contributed by atoms with Crippen LogP contribution >= 0.6 is 23.1 Å². The molecule has 0 fully saturated rings. The second-order valence-corrected chi connectivity index (χ2v) is 8.01. The Morgan fingerprint density at radius 2 is 2.00 bits per heavy atom. The summed E-state index contributed by atoms with van der Waals surface area (Å²) < 4.78 is 2.17. The van der Waals surface area contributed by atoms with E-state index in [1.165, 1.54) is 23.3 Å². The summed E-state index contributed by atoms with van der Waals surface area (Å²) in [7, 11) is 0. The largest absolute Gasteiger partial charge is 0.282 e. The molecule has 3 nitrogen and oxygen atoms in total. The second kappa shape index (κ2) is 6.13. The van der Waals surface area contributed by atoms with Crippen molar-refractivity contribution in [2.75, 3.05) is 5.75 Å². The Labute approximate surface area is 143 Å². The highest BCUT2D eigenvalue weighted by Gasteiger charge is 2.22. The number of aryl methyl sites for hydroxylation is 2. The van der Waals surface area contributed by atoms with Crippen molar-refractivity contribution in [3.8, 4) is 5.69 Å². The fourth-order valence-corrected chi connectivity index (χ4v) is 5.43. The lowest BCUT2D eigenvalue weighted by Gasteiger charge is -2.13. The number of hydrogen-bond acceptors (Lipinski definition) is 4. The molecule has 0 bridgehead atoms. The van der Waals surface area contributed by atoms with Gasteiger partial charge in [-0.25, -0.2) is 0 Å². The van der Waals surface area contributed by atoms with Gasteiger partial charge in [0.2, 0.25) is 0 Å². The van der Waals surface area contributed by atoms with E-state index in [2.05, 4.69) is 28.6 Å². The summed E-state index contributed by atoms with van der Waals surface area (Å²) in [5.41, 5.74) is 2.29. The van der Waals surface area contributed by atoms with Crippen LogP contribution in [0.1, 0.15) is 30.2 Å². The van der Waals surface area contributed by atoms with Crippen molar-refractivity contribution >= 4 is 33.3 Å². The van der Waals surface area contributed by atoms with Gasteiger partial charge in [0.15, 0.2) is 5.16 Å². The molecule has 5 heteroatoms. The molecule has 0 amide bonds. The van der Waals surface area contributed by atoms with Crippen LogP contribution in [0.4, 0.5) is 0 Å². The van der Waals surface area contributed by atoms with E-state index in [0.29, 0.717) is 0 Å². The lowest BCUT2D eigenvalue weighted by atomic mass is 9.97. The van der Waals surface area contributed by atoms with Crippen LogP contribution in [0.5, 0.6) is 0 Å². The number of thioether (sulfide) groups is 1. The summed E-state index contributed by atoms with van der Waals surface area (Å²) in [4.78, 5) is 19.5. The van der Waals surface area contributed by atoms with E-state index in [9.17, 15) is 4.79 Å². The van der Waals surface area contributed by atoms with Crippen molar-refractivity contribution in [3.05, 3.63) is 51.1 Å². The van der Waals surface area contributed by atoms with Gasteiger partial charge in [-0.05, 0) is 49.1 Å². The average Bonchev–Trinajstić information content (AvgIpc) is 2.96. The van der Waals surface area contributed by atoms with Gasteiger partial charge >= 0.3 is 0 Å². The maximum Gasteiger partial charge on any atom is 0.282 e. The van der Waals surface area contributed by atoms with E-state index in [1.54, 1.807) is 23.1 Å². The van der Waals surface area contributed by atoms with Crippen LogP contribution in [0.2, 0.25) is 0 Å². The zero-order valence-electron chi connectivity index (χ0n) is 13.0. The molecule has 0 N–H and O–H groups in total. The zero-order valence-corrected chi connectivity index (χ0v) is 14.7. The quantitative estimate of drug-likeness (QED) is 0.521. The van der Waals surface area contributed by atoms with Crippen LogP contribution in [0.25, 0.3) is 15.9 Å². The Balaban J connectivity index is 2.09. The Bertz CT molecular complexity index is 912. The third-order valence-corrected chi connectivity index (χ3v) is 6.34. The van der Waals surface area contributed by atoms with Crippen LogP contribution in [-0.4, -0.2) is 15.3 Å². The highest BCUT2D eigenvalue weighted by atomic mass is 32.2. The van der Waals surface area contributed by atoms with Crippen molar-refractivity contribution in [3.63, 3.8) is 0 Å². The Kier molecular flexibility index (Phi) is 3.99. The highest BCUT2D eigenvalue weighted by Crippen LogP contribution is 2.37. The lowest BCUT2D eigenvalue weighted by Crippen LogP contribution is -2.15. The molecule has 0 spiro atoms. The number of benzene rings is 1. The number of hydrogen-bond donors (Lipinski definition) is 0. The van der Waals surface area contributed by atoms with E-state index < -0.39 is 0 Å². The SMILES string of the molecule is CCSc1nc(=O)c2c3c(sc2n1-c1ccccc1)CCCC3. The standard InChI is InChI=1S/C18H18N2OS2/c1-2-22-18-19-16(21)15-13-10-6-7-11-14(13)23-17(15)20(18)12-8-4-3-5-9-12/h3-5,8-9H,2,6-7,10-11H2,1H3. The third kappa shape index (κ3) is 2.52. The first-order valence-corrected chi connectivity index (χ1v) is 9.85. The number of nitrogens with zero attached hydrogens (tertiary/aromatic N) is 2. The molecule has 0 saturated heterocycles. The Morgan fingerprint density at radius 3 is 2.78 bits per heavy atom. The van der Waals surface area contributed by atoms with Gasteiger partial charge in [0.05, 0.1) is 5.39 Å². The topological polar surface area (TPSA) is 34.9 Å². The molecule has 0 saturated carbocycles. The Morgan fingerprint density at radius 1 is 1.22 bits per heavy atom. The van der Waals surface area contributed by atoms with Crippen molar-refractivity contribution in [2.24, 2.45) is 0 Å². The molecule has 0 unspecified atom stereocenters. The smallest absolute Gasteiger partial charge is 0.280 e. The summed E-state index contributed by atoms with van der Waals surface area (Å²) in [5.74, 6) is 0.899. The fraction of sp³-hybridized carbons (Fsp3) is 0.333. The maximum atomic E-state index is 12.7. The van der Waals surface area contributed by atoms with E-state index >= 15 is 0 Å². The number of fused-ring (bicyclic) bond motifs is 3. The fourth-order valence-electron chi connectivity index (χ4n) is 3.24. The van der Waals surface area contributed by atoms with Crippen LogP contribution in [0.15, 0.2) is 40.3 Å². The molecule has 0 atom stereocenters. The van der Waals surface area contributed by atoms with Crippen molar-refractivity contribution in [1.29, 1.82) is 0 Å². The minimum Gasteiger partial charge on any atom is -0.280 e. The molecule has 2 aromatic heterocycles. The molecule has 1 aliphatic rings. The molecule has 118 valence electrons. The molecule has 2 heterocycles. The predicted octanol–water partition coefficient (Wildman–Crippen LogP) is 4.44. The van der Waals surface area contributed by atoms with Crippen molar-refractivity contribution in [1.82, 2.24) is 9.55 Å². The summed E-state index contributed by atoms with van der Waals surface area (Å²) in [6.07, 6.45) is 4.51. The molecule has 3 aromatic rings. The third-order valence-electron chi connectivity index (χ3n) is 4.25.